The van der Waals surface area contributed by atoms with Crippen molar-refractivity contribution in [2.24, 2.45) is 0 Å². The van der Waals surface area contributed by atoms with Crippen molar-refractivity contribution in [3.8, 4) is 0 Å². The van der Waals surface area contributed by atoms with Crippen molar-refractivity contribution in [2.45, 2.75) is 136 Å². The molecule has 0 saturated heterocycles. The van der Waals surface area contributed by atoms with Gasteiger partial charge in [-0.05, 0) is 19.3 Å². The van der Waals surface area contributed by atoms with E-state index in [4.69, 9.17) is 0 Å². The van der Waals surface area contributed by atoms with E-state index in [1.807, 2.05) is 0 Å². The number of imidazole rings is 1. The fraction of sp³-hybridized carbons (Fsp3) is 0.875. The maximum atomic E-state index is 3.41. The first-order valence-electron chi connectivity index (χ1n) is 11.9. The van der Waals surface area contributed by atoms with Crippen molar-refractivity contribution in [2.75, 3.05) is 0 Å². The Balaban J connectivity index is 1.91. The topological polar surface area (TPSA) is 19.7 Å². The lowest BCUT2D eigenvalue weighted by molar-refractivity contribution is -0.708. The van der Waals surface area contributed by atoms with Crippen LogP contribution in [0.5, 0.6) is 0 Å². The molecule has 0 bridgehead atoms. The average molecular weight is 364 g/mol. The number of nitrogens with zero attached hydrogens (tertiary/aromatic N) is 1. The van der Waals surface area contributed by atoms with Gasteiger partial charge in [0, 0.05) is 13.3 Å². The molecular formula is C24H47N2+. The van der Waals surface area contributed by atoms with Crippen LogP contribution in [0.3, 0.4) is 0 Å². The molecular weight excluding hydrogens is 316 g/mol. The Morgan fingerprint density at radius 1 is 0.654 bits per heavy atom. The molecule has 1 aromatic rings. The predicted octanol–water partition coefficient (Wildman–Crippen LogP) is 7.43. The van der Waals surface area contributed by atoms with Crippen LogP contribution in [0.4, 0.5) is 0 Å². The summed E-state index contributed by atoms with van der Waals surface area (Å²) in [6.07, 6.45) is 26.1. The smallest absolute Gasteiger partial charge is 0.248 e. The number of H-pyrrole nitrogens is 1. The van der Waals surface area contributed by atoms with E-state index in [-0.39, 0.29) is 0 Å². The van der Waals surface area contributed by atoms with Crippen molar-refractivity contribution in [3.05, 3.63) is 17.7 Å². The second kappa shape index (κ2) is 16.4. The molecule has 1 N–H and O–H groups in total. The van der Waals surface area contributed by atoms with Crippen LogP contribution >= 0.6 is 0 Å². The number of aromatic nitrogens is 2. The van der Waals surface area contributed by atoms with Crippen molar-refractivity contribution in [1.82, 2.24) is 4.98 Å². The molecule has 2 heteroatoms. The maximum absolute atomic E-state index is 3.41. The molecule has 0 atom stereocenters. The standard InChI is InChI=1S/C24H46N2/c1-4-6-8-9-10-11-12-13-14-15-16-17-18-19-21-26-23(3)25-22-24(26)20-7-5-2/h22H,4-21H2,1-3H3/p+1. The molecule has 0 saturated carbocycles. The zero-order chi connectivity index (χ0) is 18.9. The monoisotopic (exact) mass is 363 g/mol. The molecule has 2 nitrogen and oxygen atoms in total. The minimum Gasteiger partial charge on any atom is -0.248 e. The fourth-order valence-electron chi connectivity index (χ4n) is 3.90. The van der Waals surface area contributed by atoms with Crippen LogP contribution < -0.4 is 4.57 Å². The highest BCUT2D eigenvalue weighted by Crippen LogP contribution is 2.13. The normalized spacial score (nSPS) is 11.3. The van der Waals surface area contributed by atoms with Gasteiger partial charge in [-0.1, -0.05) is 97.3 Å². The van der Waals surface area contributed by atoms with Gasteiger partial charge in [0.05, 0.1) is 6.54 Å². The largest absolute Gasteiger partial charge is 0.251 e. The maximum Gasteiger partial charge on any atom is 0.251 e. The SMILES string of the molecule is CCCCCCCCCCCCCCCC[n+]1c(CCCC)c[nH]c1C. The second-order valence-electron chi connectivity index (χ2n) is 8.22. The summed E-state index contributed by atoms with van der Waals surface area (Å²) in [5.41, 5.74) is 1.50. The van der Waals surface area contributed by atoms with Crippen LogP contribution in [0.25, 0.3) is 0 Å². The molecule has 1 heterocycles. The van der Waals surface area contributed by atoms with Crippen molar-refractivity contribution < 1.29 is 4.57 Å². The summed E-state index contributed by atoms with van der Waals surface area (Å²) in [6, 6.07) is 0. The van der Waals surface area contributed by atoms with Crippen LogP contribution in [0.1, 0.15) is 128 Å². The van der Waals surface area contributed by atoms with E-state index in [9.17, 15) is 0 Å². The zero-order valence-corrected chi connectivity index (χ0v) is 18.3. The lowest BCUT2D eigenvalue weighted by atomic mass is 10.0. The quantitative estimate of drug-likeness (QED) is 0.206. The predicted molar refractivity (Wildman–Crippen MR) is 115 cm³/mol. The van der Waals surface area contributed by atoms with E-state index in [0.717, 1.165) is 0 Å². The summed E-state index contributed by atoms with van der Waals surface area (Å²) < 4.78 is 2.51. The lowest BCUT2D eigenvalue weighted by Crippen LogP contribution is -2.39. The molecule has 0 radical (unpaired) electrons. The van der Waals surface area contributed by atoms with Gasteiger partial charge in [-0.3, -0.25) is 0 Å². The summed E-state index contributed by atoms with van der Waals surface area (Å²) in [5, 5.41) is 0. The highest BCUT2D eigenvalue weighted by Gasteiger charge is 2.12. The second-order valence-corrected chi connectivity index (χ2v) is 8.22. The molecule has 0 amide bonds. The summed E-state index contributed by atoms with van der Waals surface area (Å²) in [7, 11) is 0. The van der Waals surface area contributed by atoms with Gasteiger partial charge in [-0.15, -0.1) is 0 Å². The minimum absolute atomic E-state index is 1.20. The van der Waals surface area contributed by atoms with E-state index < -0.39 is 0 Å². The van der Waals surface area contributed by atoms with Gasteiger partial charge in [-0.25, -0.2) is 9.55 Å². The number of hydrogen-bond acceptors (Lipinski definition) is 0. The molecule has 1 rings (SSSR count). The first-order chi connectivity index (χ1) is 12.8. The summed E-state index contributed by atoms with van der Waals surface area (Å²) >= 11 is 0. The molecule has 0 aliphatic carbocycles. The third-order valence-electron chi connectivity index (χ3n) is 5.72. The molecule has 1 aromatic heterocycles. The molecule has 26 heavy (non-hydrogen) atoms. The summed E-state index contributed by atoms with van der Waals surface area (Å²) in [5.74, 6) is 1.32. The molecule has 0 aliphatic heterocycles. The van der Waals surface area contributed by atoms with Crippen LogP contribution in [-0.2, 0) is 13.0 Å². The van der Waals surface area contributed by atoms with E-state index in [1.54, 1.807) is 0 Å². The van der Waals surface area contributed by atoms with Crippen molar-refractivity contribution >= 4 is 0 Å². The molecule has 0 aromatic carbocycles. The summed E-state index contributed by atoms with van der Waals surface area (Å²) in [6.45, 7) is 7.98. The van der Waals surface area contributed by atoms with E-state index in [1.165, 1.54) is 127 Å². The van der Waals surface area contributed by atoms with Gasteiger partial charge in [0.1, 0.15) is 11.9 Å². The van der Waals surface area contributed by atoms with Gasteiger partial charge in [0.25, 0.3) is 5.82 Å². The number of hydrogen-bond donors (Lipinski definition) is 1. The minimum atomic E-state index is 1.20. The lowest BCUT2D eigenvalue weighted by Gasteiger charge is -2.05. The number of nitrogens with one attached hydrogen (secondary N) is 1. The number of aromatic amines is 1. The highest BCUT2D eigenvalue weighted by molar-refractivity contribution is 4.90. The molecule has 0 spiro atoms. The van der Waals surface area contributed by atoms with Crippen LogP contribution in [0.15, 0.2) is 6.20 Å². The van der Waals surface area contributed by atoms with Gasteiger partial charge in [-0.2, -0.15) is 0 Å². The Kier molecular flexibility index (Phi) is 14.7. The Morgan fingerprint density at radius 3 is 1.62 bits per heavy atom. The number of rotatable bonds is 18. The first kappa shape index (κ1) is 23.2. The van der Waals surface area contributed by atoms with E-state index >= 15 is 0 Å². The van der Waals surface area contributed by atoms with Gasteiger partial charge < -0.3 is 0 Å². The fourth-order valence-corrected chi connectivity index (χ4v) is 3.90. The van der Waals surface area contributed by atoms with Gasteiger partial charge >= 0.3 is 0 Å². The summed E-state index contributed by atoms with van der Waals surface area (Å²) in [4.78, 5) is 3.41. The Hall–Kier alpha value is -0.790. The van der Waals surface area contributed by atoms with E-state index in [2.05, 4.69) is 36.5 Å². The molecule has 152 valence electrons. The molecule has 0 fully saturated rings. The Bertz CT molecular complexity index is 422. The third kappa shape index (κ3) is 11.0. The Labute approximate surface area is 164 Å². The zero-order valence-electron chi connectivity index (χ0n) is 18.3. The van der Waals surface area contributed by atoms with Gasteiger partial charge in [0.15, 0.2) is 0 Å². The Morgan fingerprint density at radius 2 is 1.12 bits per heavy atom. The number of aryl methyl sites for hydroxylation is 2. The van der Waals surface area contributed by atoms with Crippen LogP contribution in [0, 0.1) is 6.92 Å². The van der Waals surface area contributed by atoms with Crippen molar-refractivity contribution in [3.63, 3.8) is 0 Å². The van der Waals surface area contributed by atoms with E-state index in [0.29, 0.717) is 0 Å². The molecule has 0 aliphatic rings. The number of unbranched alkanes of at least 4 members (excludes halogenated alkanes) is 14. The first-order valence-corrected chi connectivity index (χ1v) is 11.9. The third-order valence-corrected chi connectivity index (χ3v) is 5.72. The van der Waals surface area contributed by atoms with Crippen LogP contribution in [0.2, 0.25) is 0 Å². The van der Waals surface area contributed by atoms with Crippen molar-refractivity contribution in [1.29, 1.82) is 0 Å². The van der Waals surface area contributed by atoms with Crippen LogP contribution in [-0.4, -0.2) is 4.98 Å². The highest BCUT2D eigenvalue weighted by atomic mass is 15.1. The average Bonchev–Trinajstić information content (AvgIpc) is 3.00. The van der Waals surface area contributed by atoms with Gasteiger partial charge in [0.2, 0.25) is 0 Å². The molecule has 0 unspecified atom stereocenters.